The van der Waals surface area contributed by atoms with Gasteiger partial charge in [0, 0.05) is 18.7 Å². The first-order chi connectivity index (χ1) is 8.65. The Morgan fingerprint density at radius 3 is 2.83 bits per heavy atom. The van der Waals surface area contributed by atoms with Crippen molar-refractivity contribution in [1.29, 1.82) is 0 Å². The van der Waals surface area contributed by atoms with Gasteiger partial charge in [0.05, 0.1) is 7.11 Å². The second-order valence-corrected chi connectivity index (χ2v) is 4.77. The summed E-state index contributed by atoms with van der Waals surface area (Å²) in [4.78, 5) is 11.9. The topological polar surface area (TPSA) is 47.6 Å². The predicted octanol–water partition coefficient (Wildman–Crippen LogP) is 1.53. The highest BCUT2D eigenvalue weighted by atomic mass is 16.5. The van der Waals surface area contributed by atoms with Gasteiger partial charge in [0.15, 0.2) is 5.60 Å². The van der Waals surface area contributed by atoms with Crippen LogP contribution in [0.25, 0.3) is 6.08 Å². The summed E-state index contributed by atoms with van der Waals surface area (Å²) in [5, 5.41) is 3.19. The Hall–Kier alpha value is -1.81. The van der Waals surface area contributed by atoms with Crippen molar-refractivity contribution >= 4 is 12.0 Å². The molecule has 1 aromatic rings. The van der Waals surface area contributed by atoms with Gasteiger partial charge in [0.2, 0.25) is 0 Å². The van der Waals surface area contributed by atoms with E-state index in [1.54, 1.807) is 0 Å². The van der Waals surface area contributed by atoms with Gasteiger partial charge in [-0.15, -0.1) is 0 Å². The summed E-state index contributed by atoms with van der Waals surface area (Å²) in [7, 11) is 1.39. The average Bonchev–Trinajstić information content (AvgIpc) is 2.35. The van der Waals surface area contributed by atoms with Crippen molar-refractivity contribution in [2.45, 2.75) is 12.5 Å². The molecular formula is C14H15NO3. The molecule has 1 saturated heterocycles. The molecule has 0 amide bonds. The predicted molar refractivity (Wildman–Crippen MR) is 67.8 cm³/mol. The van der Waals surface area contributed by atoms with E-state index in [0.29, 0.717) is 11.3 Å². The molecular weight excluding hydrogens is 230 g/mol. The molecule has 1 aromatic carbocycles. The van der Waals surface area contributed by atoms with Crippen LogP contribution in [-0.4, -0.2) is 31.8 Å². The van der Waals surface area contributed by atoms with Gasteiger partial charge in [-0.1, -0.05) is 18.2 Å². The number of ether oxygens (including phenoxy) is 2. The van der Waals surface area contributed by atoms with Gasteiger partial charge in [-0.05, 0) is 18.6 Å². The summed E-state index contributed by atoms with van der Waals surface area (Å²) in [6.07, 6.45) is 4.08. The smallest absolute Gasteiger partial charge is 0.341 e. The van der Waals surface area contributed by atoms with Crippen molar-refractivity contribution in [1.82, 2.24) is 5.32 Å². The fourth-order valence-electron chi connectivity index (χ4n) is 2.33. The minimum absolute atomic E-state index is 0.288. The van der Waals surface area contributed by atoms with Crippen LogP contribution in [-0.2, 0) is 4.74 Å². The number of esters is 1. The van der Waals surface area contributed by atoms with Gasteiger partial charge in [-0.3, -0.25) is 0 Å². The lowest BCUT2D eigenvalue weighted by molar-refractivity contribution is 0.0510. The van der Waals surface area contributed by atoms with E-state index in [4.69, 9.17) is 9.47 Å². The molecule has 0 saturated carbocycles. The molecule has 0 aromatic heterocycles. The van der Waals surface area contributed by atoms with E-state index in [2.05, 4.69) is 11.4 Å². The molecule has 4 heteroatoms. The fourth-order valence-corrected chi connectivity index (χ4v) is 2.33. The van der Waals surface area contributed by atoms with Crippen molar-refractivity contribution < 1.29 is 14.3 Å². The zero-order valence-electron chi connectivity index (χ0n) is 10.4. The van der Waals surface area contributed by atoms with Crippen molar-refractivity contribution in [3.05, 3.63) is 34.9 Å². The monoisotopic (exact) mass is 245 g/mol. The van der Waals surface area contributed by atoms with E-state index in [1.807, 2.05) is 25.1 Å². The van der Waals surface area contributed by atoms with E-state index in [1.165, 1.54) is 7.11 Å². The maximum atomic E-state index is 11.9. The summed E-state index contributed by atoms with van der Waals surface area (Å²) < 4.78 is 10.9. The van der Waals surface area contributed by atoms with Crippen LogP contribution in [0.1, 0.15) is 21.5 Å². The Labute approximate surface area is 106 Å². The zero-order chi connectivity index (χ0) is 12.8. The number of nitrogens with one attached hydrogen (secondary N) is 1. The van der Waals surface area contributed by atoms with Crippen LogP contribution in [0.4, 0.5) is 0 Å². The second-order valence-electron chi connectivity index (χ2n) is 4.77. The van der Waals surface area contributed by atoms with Crippen LogP contribution < -0.4 is 10.1 Å². The van der Waals surface area contributed by atoms with E-state index < -0.39 is 0 Å². The van der Waals surface area contributed by atoms with E-state index >= 15 is 0 Å². The molecule has 1 N–H and O–H groups in total. The number of carbonyl (C=O) groups is 1. The number of methoxy groups -OCH3 is 1. The highest BCUT2D eigenvalue weighted by molar-refractivity contribution is 5.96. The summed E-state index contributed by atoms with van der Waals surface area (Å²) >= 11 is 0. The Bertz CT molecular complexity index is 544. The second kappa shape index (κ2) is 3.85. The normalized spacial score (nSPS) is 18.8. The fraction of sp³-hybridized carbons (Fsp3) is 0.357. The number of aryl methyl sites for hydroxylation is 1. The van der Waals surface area contributed by atoms with Crippen LogP contribution in [0, 0.1) is 6.92 Å². The summed E-state index contributed by atoms with van der Waals surface area (Å²) in [6.45, 7) is 3.44. The zero-order valence-corrected chi connectivity index (χ0v) is 10.4. The molecule has 1 fully saturated rings. The lowest BCUT2D eigenvalue weighted by atomic mass is 9.91. The maximum absolute atomic E-state index is 11.9. The van der Waals surface area contributed by atoms with Gasteiger partial charge in [-0.25, -0.2) is 4.79 Å². The number of benzene rings is 1. The molecule has 0 radical (unpaired) electrons. The lowest BCUT2D eigenvalue weighted by Crippen LogP contribution is -2.62. The van der Waals surface area contributed by atoms with Gasteiger partial charge in [0.25, 0.3) is 0 Å². The first kappa shape index (κ1) is 11.3. The highest BCUT2D eigenvalue weighted by Gasteiger charge is 2.40. The minimum Gasteiger partial charge on any atom is -0.479 e. The first-order valence-corrected chi connectivity index (χ1v) is 5.96. The van der Waals surface area contributed by atoms with E-state index in [-0.39, 0.29) is 11.6 Å². The number of carbonyl (C=O) groups excluding carboxylic acids is 1. The Balaban J connectivity index is 2.11. The van der Waals surface area contributed by atoms with Crippen molar-refractivity contribution in [3.8, 4) is 5.75 Å². The number of hydrogen-bond acceptors (Lipinski definition) is 4. The Morgan fingerprint density at radius 1 is 1.44 bits per heavy atom. The molecule has 1 spiro atoms. The largest absolute Gasteiger partial charge is 0.479 e. The summed E-state index contributed by atoms with van der Waals surface area (Å²) in [5.41, 5.74) is 2.05. The molecule has 0 aliphatic carbocycles. The van der Waals surface area contributed by atoms with E-state index in [9.17, 15) is 4.79 Å². The third-order valence-electron chi connectivity index (χ3n) is 3.51. The lowest BCUT2D eigenvalue weighted by Gasteiger charge is -2.42. The van der Waals surface area contributed by atoms with Crippen molar-refractivity contribution in [2.24, 2.45) is 0 Å². The molecule has 2 aliphatic heterocycles. The van der Waals surface area contributed by atoms with Gasteiger partial charge >= 0.3 is 5.97 Å². The highest BCUT2D eigenvalue weighted by Crippen LogP contribution is 2.37. The third-order valence-corrected chi connectivity index (χ3v) is 3.51. The van der Waals surface area contributed by atoms with Crippen LogP contribution >= 0.6 is 0 Å². The van der Waals surface area contributed by atoms with Crippen LogP contribution in [0.15, 0.2) is 18.2 Å². The van der Waals surface area contributed by atoms with Crippen molar-refractivity contribution in [2.75, 3.05) is 20.2 Å². The molecule has 2 aliphatic rings. The molecule has 0 atom stereocenters. The van der Waals surface area contributed by atoms with Crippen LogP contribution in [0.5, 0.6) is 5.75 Å². The Kier molecular flexibility index (Phi) is 2.41. The molecule has 2 heterocycles. The molecule has 18 heavy (non-hydrogen) atoms. The molecule has 4 nitrogen and oxygen atoms in total. The standard InChI is InChI=1S/C14H15NO3/c1-9-3-4-10-5-6-14(7-15-8-14)18-12(10)11(9)13(16)17-2/h3-6,15H,7-8H2,1-2H3. The van der Waals surface area contributed by atoms with Gasteiger partial charge < -0.3 is 14.8 Å². The van der Waals surface area contributed by atoms with Crippen LogP contribution in [0.2, 0.25) is 0 Å². The van der Waals surface area contributed by atoms with Gasteiger partial charge in [-0.2, -0.15) is 0 Å². The Morgan fingerprint density at radius 2 is 2.22 bits per heavy atom. The molecule has 3 rings (SSSR count). The number of fused-ring (bicyclic) bond motifs is 1. The molecule has 0 unspecified atom stereocenters. The van der Waals surface area contributed by atoms with Gasteiger partial charge in [0.1, 0.15) is 11.3 Å². The molecule has 0 bridgehead atoms. The van der Waals surface area contributed by atoms with E-state index in [0.717, 1.165) is 24.2 Å². The summed E-state index contributed by atoms with van der Waals surface area (Å²) in [6, 6.07) is 3.88. The first-order valence-electron chi connectivity index (χ1n) is 5.96. The number of rotatable bonds is 1. The maximum Gasteiger partial charge on any atom is 0.341 e. The van der Waals surface area contributed by atoms with Crippen molar-refractivity contribution in [3.63, 3.8) is 0 Å². The SMILES string of the molecule is COC(=O)c1c(C)ccc2c1OC1(C=C2)CNC1. The molecule has 94 valence electrons. The quantitative estimate of drug-likeness (QED) is 0.762. The number of hydrogen-bond donors (Lipinski definition) is 1. The minimum atomic E-state index is -0.345. The third kappa shape index (κ3) is 1.53. The van der Waals surface area contributed by atoms with Crippen LogP contribution in [0.3, 0.4) is 0 Å². The average molecular weight is 245 g/mol. The summed E-state index contributed by atoms with van der Waals surface area (Å²) in [5.74, 6) is 0.299.